The van der Waals surface area contributed by atoms with Gasteiger partial charge < -0.3 is 26.6 Å². The van der Waals surface area contributed by atoms with Crippen molar-refractivity contribution in [2.75, 3.05) is 32.8 Å². The van der Waals surface area contributed by atoms with E-state index in [0.29, 0.717) is 6.61 Å². The Morgan fingerprint density at radius 3 is 0.935 bits per heavy atom. The molecule has 0 aromatic carbocycles. The van der Waals surface area contributed by atoms with Gasteiger partial charge in [-0.25, -0.2) is 0 Å². The van der Waals surface area contributed by atoms with Gasteiger partial charge in [-0.2, -0.15) is 0 Å². The normalized spacial score (nSPS) is 11.6. The van der Waals surface area contributed by atoms with Crippen LogP contribution in [-0.4, -0.2) is 42.4 Å². The number of aliphatic hydroxyl groups is 1. The van der Waals surface area contributed by atoms with E-state index < -0.39 is 0 Å². The van der Waals surface area contributed by atoms with Gasteiger partial charge in [0.05, 0.1) is 26.2 Å². The molecule has 0 spiro atoms. The highest BCUT2D eigenvalue weighted by Crippen LogP contribution is 2.20. The van der Waals surface area contributed by atoms with Crippen LogP contribution in [0.4, 0.5) is 0 Å². The van der Waals surface area contributed by atoms with E-state index in [1.54, 1.807) is 0 Å². The molecule has 0 unspecified atom stereocenters. The maximum absolute atomic E-state index is 9.02. The van der Waals surface area contributed by atoms with Crippen LogP contribution in [0, 0.1) is 0 Å². The van der Waals surface area contributed by atoms with Gasteiger partial charge in [0, 0.05) is 6.61 Å². The number of quaternary nitrogens is 1. The number of unbranched alkanes of at least 4 members (excludes halogenated alkanes) is 16. The minimum Gasteiger partial charge on any atom is -1.00 e. The van der Waals surface area contributed by atoms with E-state index in [0.717, 1.165) is 6.42 Å². The van der Waals surface area contributed by atoms with Crippen LogP contribution in [0.1, 0.15) is 149 Å². The van der Waals surface area contributed by atoms with Gasteiger partial charge in [0.15, 0.2) is 0 Å². The summed E-state index contributed by atoms with van der Waals surface area (Å²) in [6, 6.07) is 0. The molecule has 31 heavy (non-hydrogen) atoms. The van der Waals surface area contributed by atoms with Crippen molar-refractivity contribution in [1.29, 1.82) is 0 Å². The van der Waals surface area contributed by atoms with Crippen molar-refractivity contribution in [3.8, 4) is 0 Å². The third-order valence-corrected chi connectivity index (χ3v) is 7.00. The van der Waals surface area contributed by atoms with Crippen LogP contribution in [-0.2, 0) is 0 Å². The van der Waals surface area contributed by atoms with Gasteiger partial charge >= 0.3 is 0 Å². The number of aliphatic hydroxyl groups excluding tert-OH is 1. The first kappa shape index (κ1) is 33.6. The minimum atomic E-state index is 0. The topological polar surface area (TPSA) is 20.2 Å². The van der Waals surface area contributed by atoms with Gasteiger partial charge in [-0.15, -0.1) is 0 Å². The van der Waals surface area contributed by atoms with Gasteiger partial charge in [0.1, 0.15) is 0 Å². The van der Waals surface area contributed by atoms with Crippen LogP contribution in [0.3, 0.4) is 0 Å². The molecule has 2 nitrogen and oxygen atoms in total. The lowest BCUT2D eigenvalue weighted by molar-refractivity contribution is -0.929. The molecule has 3 heteroatoms. The molecule has 0 bridgehead atoms. The predicted octanol–water partition coefficient (Wildman–Crippen LogP) is 5.66. The molecule has 0 aliphatic heterocycles. The molecule has 0 rings (SSSR count). The Morgan fingerprint density at radius 1 is 0.387 bits per heavy atom. The van der Waals surface area contributed by atoms with Gasteiger partial charge in [-0.3, -0.25) is 0 Å². The van der Waals surface area contributed by atoms with Crippen molar-refractivity contribution in [3.63, 3.8) is 0 Å². The Hall–Kier alpha value is 0.400. The summed E-state index contributed by atoms with van der Waals surface area (Å²) in [6.07, 6.45) is 27.5. The summed E-state index contributed by atoms with van der Waals surface area (Å²) < 4.78 is 1.42. The Kier molecular flexibility index (Phi) is 28.9. The summed E-state index contributed by atoms with van der Waals surface area (Å²) in [5.41, 5.74) is 0. The number of halogens is 1. The molecule has 0 aliphatic carbocycles. The lowest BCUT2D eigenvalue weighted by Gasteiger charge is -2.39. The molecule has 0 aromatic rings. The Balaban J connectivity index is 0. The second-order valence-electron chi connectivity index (χ2n) is 9.97. The predicted molar refractivity (Wildman–Crippen MR) is 136 cm³/mol. The van der Waals surface area contributed by atoms with Crippen molar-refractivity contribution >= 4 is 0 Å². The van der Waals surface area contributed by atoms with E-state index >= 15 is 0 Å². The van der Waals surface area contributed by atoms with Gasteiger partial charge in [0.2, 0.25) is 0 Å². The number of rotatable bonds is 25. The summed E-state index contributed by atoms with van der Waals surface area (Å²) in [6.45, 7) is 13.0. The molecule has 0 aromatic heterocycles. The van der Waals surface area contributed by atoms with Crippen molar-refractivity contribution < 1.29 is 26.6 Å². The zero-order valence-corrected chi connectivity index (χ0v) is 23.5. The molecular formula is C28H60BrNO. The van der Waals surface area contributed by atoms with E-state index in [-0.39, 0.29) is 17.0 Å². The molecule has 0 heterocycles. The third-order valence-electron chi connectivity index (χ3n) is 7.00. The van der Waals surface area contributed by atoms with E-state index in [1.165, 1.54) is 153 Å². The first-order valence-electron chi connectivity index (χ1n) is 14.2. The highest BCUT2D eigenvalue weighted by molar-refractivity contribution is 4.54. The maximum atomic E-state index is 9.02. The first-order chi connectivity index (χ1) is 14.7. The molecule has 0 saturated carbocycles. The highest BCUT2D eigenvalue weighted by Gasteiger charge is 2.25. The zero-order valence-electron chi connectivity index (χ0n) is 22.0. The van der Waals surface area contributed by atoms with Gasteiger partial charge in [-0.1, -0.05) is 91.4 Å². The second kappa shape index (κ2) is 26.7. The molecule has 0 amide bonds. The van der Waals surface area contributed by atoms with Crippen LogP contribution in [0.15, 0.2) is 0 Å². The van der Waals surface area contributed by atoms with Crippen molar-refractivity contribution in [3.05, 3.63) is 0 Å². The van der Waals surface area contributed by atoms with E-state index in [4.69, 9.17) is 5.11 Å². The second-order valence-corrected chi connectivity index (χ2v) is 9.97. The minimum absolute atomic E-state index is 0. The van der Waals surface area contributed by atoms with Crippen LogP contribution in [0.25, 0.3) is 0 Å². The van der Waals surface area contributed by atoms with Crippen molar-refractivity contribution in [2.45, 2.75) is 149 Å². The molecule has 0 radical (unpaired) electrons. The fourth-order valence-corrected chi connectivity index (χ4v) is 4.91. The summed E-state index contributed by atoms with van der Waals surface area (Å²) >= 11 is 0. The third kappa shape index (κ3) is 22.0. The highest BCUT2D eigenvalue weighted by atomic mass is 79.9. The smallest absolute Gasteiger partial charge is 0.0786 e. The maximum Gasteiger partial charge on any atom is 0.0786 e. The molecule has 0 fully saturated rings. The Bertz CT molecular complexity index is 288. The standard InChI is InChI=1S/C28H60NO.BrH/c1-4-7-10-14-19-24-29(25-20-15-11-8-5-2,26-21-16-12-9-6-3)27-22-17-13-18-23-28-30;/h30H,4-28H2,1-3H3;1H/q+1;/p-1. The average molecular weight is 507 g/mol. The summed E-state index contributed by atoms with van der Waals surface area (Å²) in [7, 11) is 0. The Morgan fingerprint density at radius 2 is 0.645 bits per heavy atom. The largest absolute Gasteiger partial charge is 1.00 e. The summed E-state index contributed by atoms with van der Waals surface area (Å²) in [5.74, 6) is 0. The quantitative estimate of drug-likeness (QED) is 0.125. The van der Waals surface area contributed by atoms with E-state index in [1.807, 2.05) is 0 Å². The van der Waals surface area contributed by atoms with Crippen LogP contribution < -0.4 is 17.0 Å². The summed E-state index contributed by atoms with van der Waals surface area (Å²) in [5, 5.41) is 9.02. The van der Waals surface area contributed by atoms with Gasteiger partial charge in [0.25, 0.3) is 0 Å². The molecular weight excluding hydrogens is 446 g/mol. The molecule has 1 N–H and O–H groups in total. The van der Waals surface area contributed by atoms with Crippen molar-refractivity contribution in [2.24, 2.45) is 0 Å². The number of hydrogen-bond donors (Lipinski definition) is 1. The number of nitrogens with zero attached hydrogens (tertiary/aromatic N) is 1. The van der Waals surface area contributed by atoms with Crippen LogP contribution in [0.5, 0.6) is 0 Å². The molecule has 0 saturated heterocycles. The molecule has 190 valence electrons. The zero-order chi connectivity index (χ0) is 22.2. The molecule has 0 atom stereocenters. The monoisotopic (exact) mass is 505 g/mol. The lowest BCUT2D eigenvalue weighted by atomic mass is 10.1. The van der Waals surface area contributed by atoms with Crippen LogP contribution >= 0.6 is 0 Å². The first-order valence-corrected chi connectivity index (χ1v) is 14.2. The summed E-state index contributed by atoms with van der Waals surface area (Å²) in [4.78, 5) is 0. The number of hydrogen-bond acceptors (Lipinski definition) is 1. The van der Waals surface area contributed by atoms with Crippen LogP contribution in [0.2, 0.25) is 0 Å². The average Bonchev–Trinajstić information content (AvgIpc) is 2.75. The lowest BCUT2D eigenvalue weighted by Crippen LogP contribution is -3.00. The SMILES string of the molecule is CCCCCCC[N+](CCCCCCC)(CCCCCCC)CCCCCCCO.[Br-]. The van der Waals surface area contributed by atoms with Crippen molar-refractivity contribution in [1.82, 2.24) is 0 Å². The fraction of sp³-hybridized carbons (Fsp3) is 1.00. The molecule has 0 aliphatic rings. The van der Waals surface area contributed by atoms with E-state index in [2.05, 4.69) is 20.8 Å². The fourth-order valence-electron chi connectivity index (χ4n) is 4.91. The Labute approximate surface area is 208 Å². The van der Waals surface area contributed by atoms with Gasteiger partial charge in [-0.05, 0) is 57.8 Å². The van der Waals surface area contributed by atoms with E-state index in [9.17, 15) is 0 Å².